The van der Waals surface area contributed by atoms with Crippen LogP contribution >= 0.6 is 11.8 Å². The van der Waals surface area contributed by atoms with Crippen LogP contribution in [-0.4, -0.2) is 48.2 Å². The molecule has 1 aromatic rings. The molecule has 0 aromatic carbocycles. The van der Waals surface area contributed by atoms with Crippen molar-refractivity contribution in [1.82, 2.24) is 9.88 Å². The van der Waals surface area contributed by atoms with Gasteiger partial charge in [-0.05, 0) is 18.7 Å². The highest BCUT2D eigenvalue weighted by Gasteiger charge is 2.57. The minimum absolute atomic E-state index is 0.105. The number of pyridine rings is 1. The van der Waals surface area contributed by atoms with Crippen molar-refractivity contribution in [2.45, 2.75) is 16.5 Å². The van der Waals surface area contributed by atoms with Gasteiger partial charge in [0.25, 0.3) is 5.91 Å². The van der Waals surface area contributed by atoms with Crippen molar-refractivity contribution in [2.75, 3.05) is 21.3 Å². The van der Waals surface area contributed by atoms with Crippen molar-refractivity contribution >= 4 is 17.7 Å². The highest BCUT2D eigenvalue weighted by Crippen LogP contribution is 2.51. The van der Waals surface area contributed by atoms with Gasteiger partial charge in [0, 0.05) is 26.6 Å². The maximum atomic E-state index is 11.8. The zero-order chi connectivity index (χ0) is 14.0. The van der Waals surface area contributed by atoms with E-state index in [9.17, 15) is 4.79 Å². The van der Waals surface area contributed by atoms with Crippen molar-refractivity contribution in [3.8, 4) is 0 Å². The second-order valence-electron chi connectivity index (χ2n) is 4.25. The van der Waals surface area contributed by atoms with Gasteiger partial charge in [-0.15, -0.1) is 0 Å². The van der Waals surface area contributed by atoms with Gasteiger partial charge in [-0.1, -0.05) is 17.8 Å². The lowest BCUT2D eigenvalue weighted by Crippen LogP contribution is -2.53. The lowest BCUT2D eigenvalue weighted by atomic mass is 10.2. The summed E-state index contributed by atoms with van der Waals surface area (Å²) in [6.07, 6.45) is 2.91. The van der Waals surface area contributed by atoms with Crippen LogP contribution in [0.4, 0.5) is 0 Å². The van der Waals surface area contributed by atoms with Crippen LogP contribution in [0.25, 0.3) is 0 Å². The predicted molar refractivity (Wildman–Crippen MR) is 72.1 cm³/mol. The largest absolute Gasteiger partial charge is 0.366 e. The van der Waals surface area contributed by atoms with E-state index in [1.54, 1.807) is 12.4 Å². The molecule has 1 fully saturated rings. The maximum absolute atomic E-state index is 11.8. The van der Waals surface area contributed by atoms with Gasteiger partial charge in [-0.3, -0.25) is 14.7 Å². The number of carbonyl (C=O) groups is 1. The molecular weight excluding hydrogens is 266 g/mol. The first-order valence-corrected chi connectivity index (χ1v) is 6.62. The first kappa shape index (κ1) is 14.3. The topological polar surface area (TPSA) is 77.7 Å². The van der Waals surface area contributed by atoms with Gasteiger partial charge in [0.15, 0.2) is 6.23 Å². The third-order valence-corrected chi connectivity index (χ3v) is 4.94. The average Bonchev–Trinajstić information content (AvgIpc) is 2.73. The molecule has 2 heterocycles. The van der Waals surface area contributed by atoms with Gasteiger partial charge in [-0.25, -0.2) is 0 Å². The van der Waals surface area contributed by atoms with Crippen LogP contribution in [0, 0.1) is 0 Å². The summed E-state index contributed by atoms with van der Waals surface area (Å²) in [5.74, 6) is -0.551. The second kappa shape index (κ2) is 5.46. The number of hydrogen-bond donors (Lipinski definition) is 1. The number of amides is 1. The Morgan fingerprint density at radius 3 is 2.74 bits per heavy atom. The zero-order valence-corrected chi connectivity index (χ0v) is 11.9. The van der Waals surface area contributed by atoms with Crippen molar-refractivity contribution < 1.29 is 14.3 Å². The molecule has 104 valence electrons. The molecule has 7 heteroatoms. The van der Waals surface area contributed by atoms with Crippen molar-refractivity contribution in [1.29, 1.82) is 0 Å². The molecule has 0 spiro atoms. The van der Waals surface area contributed by atoms with Crippen LogP contribution in [0.1, 0.15) is 10.9 Å². The molecule has 0 aliphatic carbocycles. The lowest BCUT2D eigenvalue weighted by molar-refractivity contribution is -0.153. The summed E-state index contributed by atoms with van der Waals surface area (Å²) in [7, 11) is 4.86. The van der Waals surface area contributed by atoms with Gasteiger partial charge in [0.05, 0.1) is 5.37 Å². The lowest BCUT2D eigenvalue weighted by Gasteiger charge is -2.30. The molecule has 1 aliphatic rings. The van der Waals surface area contributed by atoms with Crippen LogP contribution < -0.4 is 5.73 Å². The van der Waals surface area contributed by atoms with E-state index in [2.05, 4.69) is 4.98 Å². The van der Waals surface area contributed by atoms with Crippen molar-refractivity contribution in [3.63, 3.8) is 0 Å². The van der Waals surface area contributed by atoms with E-state index >= 15 is 0 Å². The third-order valence-electron chi connectivity index (χ3n) is 3.19. The second-order valence-corrected chi connectivity index (χ2v) is 5.53. The molecule has 0 radical (unpaired) electrons. The molecule has 2 rings (SSSR count). The molecule has 1 amide bonds. The summed E-state index contributed by atoms with van der Waals surface area (Å²) in [4.78, 5) is 16.6. The number of methoxy groups -OCH3 is 2. The first-order valence-electron chi connectivity index (χ1n) is 5.74. The Bertz CT molecular complexity index is 459. The first-order chi connectivity index (χ1) is 9.06. The standard InChI is InChI=1S/C12H17N3O3S/c1-15-9(8-5-4-6-14-7-8)19-12(18-3,10(13)16)11(15)17-2/h4-7,9,11H,1-3H3,(H2,13,16). The van der Waals surface area contributed by atoms with Gasteiger partial charge in [0.2, 0.25) is 4.93 Å². The summed E-state index contributed by atoms with van der Waals surface area (Å²) in [6.45, 7) is 0. The molecule has 0 saturated carbocycles. The number of primary amides is 1. The van der Waals surface area contributed by atoms with Gasteiger partial charge in [-0.2, -0.15) is 0 Å². The minimum Gasteiger partial charge on any atom is -0.366 e. The summed E-state index contributed by atoms with van der Waals surface area (Å²) in [5, 5.41) is -0.105. The van der Waals surface area contributed by atoms with E-state index in [-0.39, 0.29) is 5.37 Å². The fourth-order valence-corrected chi connectivity index (χ4v) is 3.75. The molecule has 3 atom stereocenters. The molecule has 3 unspecified atom stereocenters. The van der Waals surface area contributed by atoms with E-state index in [0.717, 1.165) is 5.56 Å². The Balaban J connectivity index is 2.39. The normalized spacial score (nSPS) is 31.5. The van der Waals surface area contributed by atoms with Crippen molar-refractivity contribution in [3.05, 3.63) is 30.1 Å². The number of hydrogen-bond acceptors (Lipinski definition) is 6. The fraction of sp³-hybridized carbons (Fsp3) is 0.500. The van der Waals surface area contributed by atoms with Crippen LogP contribution in [-0.2, 0) is 14.3 Å². The Labute approximate surface area is 116 Å². The zero-order valence-electron chi connectivity index (χ0n) is 11.1. The van der Waals surface area contributed by atoms with Gasteiger partial charge < -0.3 is 15.2 Å². The van der Waals surface area contributed by atoms with E-state index < -0.39 is 17.1 Å². The number of thioether (sulfide) groups is 1. The van der Waals surface area contributed by atoms with Crippen LogP contribution in [0.2, 0.25) is 0 Å². The number of nitrogens with two attached hydrogens (primary N) is 1. The molecule has 1 aromatic heterocycles. The number of likely N-dealkylation sites (N-methyl/N-ethyl adjacent to an activating group) is 1. The highest BCUT2D eigenvalue weighted by atomic mass is 32.2. The third kappa shape index (κ3) is 2.23. The van der Waals surface area contributed by atoms with Crippen LogP contribution in [0.3, 0.4) is 0 Å². The Kier molecular flexibility index (Phi) is 4.10. The fourth-order valence-electron chi connectivity index (χ4n) is 2.27. The molecule has 1 saturated heterocycles. The monoisotopic (exact) mass is 283 g/mol. The predicted octanol–water partition coefficient (Wildman–Crippen LogP) is 0.559. The highest BCUT2D eigenvalue weighted by molar-refractivity contribution is 8.01. The number of rotatable bonds is 4. The Hall–Kier alpha value is -1.15. The molecule has 1 aliphatic heterocycles. The average molecular weight is 283 g/mol. The smallest absolute Gasteiger partial charge is 0.264 e. The van der Waals surface area contributed by atoms with Gasteiger partial charge >= 0.3 is 0 Å². The molecule has 19 heavy (non-hydrogen) atoms. The van der Waals surface area contributed by atoms with E-state index in [4.69, 9.17) is 15.2 Å². The molecule has 6 nitrogen and oxygen atoms in total. The number of ether oxygens (including phenoxy) is 2. The number of carbonyl (C=O) groups excluding carboxylic acids is 1. The summed E-state index contributed by atoms with van der Waals surface area (Å²) in [5.41, 5.74) is 6.47. The summed E-state index contributed by atoms with van der Waals surface area (Å²) in [6, 6.07) is 3.79. The Morgan fingerprint density at radius 2 is 2.32 bits per heavy atom. The Morgan fingerprint density at radius 1 is 1.58 bits per heavy atom. The number of nitrogens with zero attached hydrogens (tertiary/aromatic N) is 2. The van der Waals surface area contributed by atoms with Crippen molar-refractivity contribution in [2.24, 2.45) is 5.73 Å². The van der Waals surface area contributed by atoms with E-state index in [0.29, 0.717) is 0 Å². The minimum atomic E-state index is -1.22. The van der Waals surface area contributed by atoms with Crippen LogP contribution in [0.15, 0.2) is 24.5 Å². The molecular formula is C12H17N3O3S. The molecule has 0 bridgehead atoms. The van der Waals surface area contributed by atoms with E-state index in [1.807, 2.05) is 24.1 Å². The summed E-state index contributed by atoms with van der Waals surface area (Å²) < 4.78 is 10.8. The van der Waals surface area contributed by atoms with E-state index in [1.165, 1.54) is 26.0 Å². The summed E-state index contributed by atoms with van der Waals surface area (Å²) >= 11 is 1.32. The van der Waals surface area contributed by atoms with Crippen LogP contribution in [0.5, 0.6) is 0 Å². The quantitative estimate of drug-likeness (QED) is 0.870. The SMILES string of the molecule is COC1N(C)C(c2cccnc2)SC1(OC)C(N)=O. The maximum Gasteiger partial charge on any atom is 0.264 e. The number of aromatic nitrogens is 1. The molecule has 2 N–H and O–H groups in total. The van der Waals surface area contributed by atoms with Gasteiger partial charge in [0.1, 0.15) is 0 Å².